The summed E-state index contributed by atoms with van der Waals surface area (Å²) in [6.45, 7) is 3.79. The number of rotatable bonds is 3. The molecule has 0 aliphatic rings. The number of nitrogens with zero attached hydrogens (tertiary/aromatic N) is 2. The number of hydrogen-bond acceptors (Lipinski definition) is 4. The molecule has 0 amide bonds. The van der Waals surface area contributed by atoms with Crippen LogP contribution in [0.4, 0.5) is 11.5 Å². The second-order valence-electron chi connectivity index (χ2n) is 3.93. The van der Waals surface area contributed by atoms with Crippen LogP contribution >= 0.6 is 0 Å². The van der Waals surface area contributed by atoms with Gasteiger partial charge in [0.1, 0.15) is 5.82 Å². The Bertz CT molecular complexity index is 579. The molecule has 0 atom stereocenters. The largest absolute Gasteiger partial charge is 0.478 e. The lowest BCUT2D eigenvalue weighted by Gasteiger charge is -2.07. The van der Waals surface area contributed by atoms with Gasteiger partial charge in [-0.15, -0.1) is 0 Å². The second kappa shape index (κ2) is 4.83. The van der Waals surface area contributed by atoms with Crippen LogP contribution < -0.4 is 5.32 Å². The molecule has 2 aromatic rings. The normalized spacial score (nSPS) is 10.1. The summed E-state index contributed by atoms with van der Waals surface area (Å²) in [6.07, 6.45) is 1.65. The molecule has 0 saturated heterocycles. The Hall–Kier alpha value is -2.43. The predicted octanol–water partition coefficient (Wildman–Crippen LogP) is 2.54. The maximum atomic E-state index is 10.7. The van der Waals surface area contributed by atoms with E-state index in [1.165, 1.54) is 0 Å². The number of nitrogens with one attached hydrogen (secondary N) is 1. The first-order valence-corrected chi connectivity index (χ1v) is 5.47. The zero-order chi connectivity index (χ0) is 13.1. The zero-order valence-corrected chi connectivity index (χ0v) is 10.1. The van der Waals surface area contributed by atoms with Gasteiger partial charge in [0.15, 0.2) is 0 Å². The standard InChI is InChI=1S/C13H13N3O2/c1-8-9(2)15-12(7-14-8)16-11-5-3-10(4-6-11)13(17)18/h3-7H,1-2H3,(H,15,16)(H,17,18). The van der Waals surface area contributed by atoms with Crippen molar-refractivity contribution in [2.75, 3.05) is 5.32 Å². The van der Waals surface area contributed by atoms with Gasteiger partial charge in [0.05, 0.1) is 23.1 Å². The molecule has 0 radical (unpaired) electrons. The molecular formula is C13H13N3O2. The van der Waals surface area contributed by atoms with Crippen LogP contribution in [0.3, 0.4) is 0 Å². The van der Waals surface area contributed by atoms with Gasteiger partial charge in [0.25, 0.3) is 0 Å². The number of anilines is 2. The zero-order valence-electron chi connectivity index (χ0n) is 10.1. The lowest BCUT2D eigenvalue weighted by atomic mass is 10.2. The highest BCUT2D eigenvalue weighted by Crippen LogP contribution is 2.15. The number of hydrogen-bond donors (Lipinski definition) is 2. The van der Waals surface area contributed by atoms with E-state index in [0.717, 1.165) is 17.1 Å². The van der Waals surface area contributed by atoms with Gasteiger partial charge in [-0.3, -0.25) is 4.98 Å². The molecule has 1 heterocycles. The molecule has 5 nitrogen and oxygen atoms in total. The summed E-state index contributed by atoms with van der Waals surface area (Å²) in [5.41, 5.74) is 2.79. The molecule has 2 rings (SSSR count). The summed E-state index contributed by atoms with van der Waals surface area (Å²) in [6, 6.07) is 6.47. The van der Waals surface area contributed by atoms with E-state index in [4.69, 9.17) is 5.11 Å². The van der Waals surface area contributed by atoms with Crippen molar-refractivity contribution in [3.05, 3.63) is 47.4 Å². The van der Waals surface area contributed by atoms with E-state index < -0.39 is 5.97 Å². The molecule has 1 aromatic carbocycles. The Balaban J connectivity index is 2.18. The Kier molecular flexibility index (Phi) is 3.23. The lowest BCUT2D eigenvalue weighted by molar-refractivity contribution is 0.0697. The molecular weight excluding hydrogens is 230 g/mol. The molecule has 0 unspecified atom stereocenters. The minimum Gasteiger partial charge on any atom is -0.478 e. The average Bonchev–Trinajstić information content (AvgIpc) is 2.34. The molecule has 2 N–H and O–H groups in total. The molecule has 0 aliphatic carbocycles. The fourth-order valence-electron chi connectivity index (χ4n) is 1.45. The summed E-state index contributed by atoms with van der Waals surface area (Å²) in [4.78, 5) is 19.2. The monoisotopic (exact) mass is 243 g/mol. The minimum atomic E-state index is -0.937. The maximum Gasteiger partial charge on any atom is 0.335 e. The van der Waals surface area contributed by atoms with E-state index >= 15 is 0 Å². The number of carboxylic acid groups (broad SMARTS) is 1. The van der Waals surface area contributed by atoms with Crippen LogP contribution in [0.25, 0.3) is 0 Å². The number of carbonyl (C=O) groups is 1. The Morgan fingerprint density at radius 2 is 1.83 bits per heavy atom. The third-order valence-corrected chi connectivity index (χ3v) is 2.60. The highest BCUT2D eigenvalue weighted by Gasteiger charge is 2.03. The van der Waals surface area contributed by atoms with E-state index in [9.17, 15) is 4.79 Å². The van der Waals surface area contributed by atoms with Crippen molar-refractivity contribution in [2.45, 2.75) is 13.8 Å². The Labute approximate surface area is 105 Å². The highest BCUT2D eigenvalue weighted by molar-refractivity contribution is 5.88. The predicted molar refractivity (Wildman–Crippen MR) is 68.2 cm³/mol. The van der Waals surface area contributed by atoms with Crippen LogP contribution in [-0.4, -0.2) is 21.0 Å². The van der Waals surface area contributed by atoms with Crippen LogP contribution in [0.2, 0.25) is 0 Å². The molecule has 0 saturated carbocycles. The maximum absolute atomic E-state index is 10.7. The van der Waals surface area contributed by atoms with Crippen LogP contribution in [0.1, 0.15) is 21.7 Å². The quantitative estimate of drug-likeness (QED) is 0.866. The van der Waals surface area contributed by atoms with Crippen LogP contribution in [0.15, 0.2) is 30.5 Å². The average molecular weight is 243 g/mol. The van der Waals surface area contributed by atoms with Gasteiger partial charge < -0.3 is 10.4 Å². The molecule has 92 valence electrons. The van der Waals surface area contributed by atoms with Gasteiger partial charge in [0.2, 0.25) is 0 Å². The van der Waals surface area contributed by atoms with Gasteiger partial charge in [-0.05, 0) is 38.1 Å². The Morgan fingerprint density at radius 3 is 2.39 bits per heavy atom. The number of aromatic carboxylic acids is 1. The highest BCUT2D eigenvalue weighted by atomic mass is 16.4. The lowest BCUT2D eigenvalue weighted by Crippen LogP contribution is -2.00. The summed E-state index contributed by atoms with van der Waals surface area (Å²) < 4.78 is 0. The second-order valence-corrected chi connectivity index (χ2v) is 3.93. The number of aryl methyl sites for hydroxylation is 2. The summed E-state index contributed by atoms with van der Waals surface area (Å²) in [5.74, 6) is -0.298. The van der Waals surface area contributed by atoms with Gasteiger partial charge in [-0.25, -0.2) is 9.78 Å². The first-order valence-electron chi connectivity index (χ1n) is 5.47. The topological polar surface area (TPSA) is 75.1 Å². The first-order chi connectivity index (χ1) is 8.56. The van der Waals surface area contributed by atoms with Crippen molar-refractivity contribution < 1.29 is 9.90 Å². The minimum absolute atomic E-state index is 0.256. The van der Waals surface area contributed by atoms with Crippen molar-refractivity contribution in [1.29, 1.82) is 0 Å². The third kappa shape index (κ3) is 2.63. The van der Waals surface area contributed by atoms with Crippen LogP contribution in [0, 0.1) is 13.8 Å². The van der Waals surface area contributed by atoms with Gasteiger partial charge in [0, 0.05) is 5.69 Å². The number of aromatic nitrogens is 2. The van der Waals surface area contributed by atoms with E-state index in [-0.39, 0.29) is 5.56 Å². The van der Waals surface area contributed by atoms with Crippen molar-refractivity contribution in [3.8, 4) is 0 Å². The molecule has 0 fully saturated rings. The summed E-state index contributed by atoms with van der Waals surface area (Å²) >= 11 is 0. The van der Waals surface area contributed by atoms with Crippen LogP contribution in [0.5, 0.6) is 0 Å². The first kappa shape index (κ1) is 12.0. The van der Waals surface area contributed by atoms with Crippen molar-refractivity contribution >= 4 is 17.5 Å². The SMILES string of the molecule is Cc1ncc(Nc2ccc(C(=O)O)cc2)nc1C. The van der Waals surface area contributed by atoms with Crippen molar-refractivity contribution in [3.63, 3.8) is 0 Å². The number of benzene rings is 1. The van der Waals surface area contributed by atoms with Crippen molar-refractivity contribution in [2.24, 2.45) is 0 Å². The molecule has 0 spiro atoms. The van der Waals surface area contributed by atoms with Gasteiger partial charge in [-0.2, -0.15) is 0 Å². The molecule has 1 aromatic heterocycles. The van der Waals surface area contributed by atoms with E-state index in [1.54, 1.807) is 30.5 Å². The number of carboxylic acids is 1. The molecule has 0 bridgehead atoms. The smallest absolute Gasteiger partial charge is 0.335 e. The molecule has 5 heteroatoms. The summed E-state index contributed by atoms with van der Waals surface area (Å²) in [7, 11) is 0. The third-order valence-electron chi connectivity index (χ3n) is 2.60. The molecule has 18 heavy (non-hydrogen) atoms. The Morgan fingerprint density at radius 1 is 1.17 bits per heavy atom. The van der Waals surface area contributed by atoms with Crippen LogP contribution in [-0.2, 0) is 0 Å². The van der Waals surface area contributed by atoms with Gasteiger partial charge in [-0.1, -0.05) is 0 Å². The van der Waals surface area contributed by atoms with Crippen molar-refractivity contribution in [1.82, 2.24) is 9.97 Å². The van der Waals surface area contributed by atoms with E-state index in [0.29, 0.717) is 5.82 Å². The summed E-state index contributed by atoms with van der Waals surface area (Å²) in [5, 5.41) is 11.9. The van der Waals surface area contributed by atoms with Gasteiger partial charge >= 0.3 is 5.97 Å². The fraction of sp³-hybridized carbons (Fsp3) is 0.154. The fourth-order valence-corrected chi connectivity index (χ4v) is 1.45. The van der Waals surface area contributed by atoms with E-state index in [2.05, 4.69) is 15.3 Å². The van der Waals surface area contributed by atoms with E-state index in [1.807, 2.05) is 13.8 Å². The molecule has 0 aliphatic heterocycles.